The highest BCUT2D eigenvalue weighted by Gasteiger charge is 2.37. The van der Waals surface area contributed by atoms with Crippen molar-refractivity contribution in [3.8, 4) is 5.75 Å². The Bertz CT molecular complexity index is 605. The van der Waals surface area contributed by atoms with Gasteiger partial charge in [-0.15, -0.1) is 0 Å². The number of para-hydroxylation sites is 1. The van der Waals surface area contributed by atoms with Crippen molar-refractivity contribution in [1.82, 2.24) is 9.97 Å². The summed E-state index contributed by atoms with van der Waals surface area (Å²) in [5, 5.41) is 10.6. The molecule has 0 spiro atoms. The minimum atomic E-state index is -0.839. The molecule has 21 heavy (non-hydrogen) atoms. The summed E-state index contributed by atoms with van der Waals surface area (Å²) < 4.78 is 5.69. The van der Waals surface area contributed by atoms with Crippen LogP contribution in [0.25, 0.3) is 0 Å². The summed E-state index contributed by atoms with van der Waals surface area (Å²) in [6.45, 7) is 3.45. The van der Waals surface area contributed by atoms with E-state index in [2.05, 4.69) is 14.9 Å². The first-order chi connectivity index (χ1) is 10.1. The number of nitrogens with zero attached hydrogens (tertiary/aromatic N) is 3. The van der Waals surface area contributed by atoms with E-state index in [1.165, 1.54) is 0 Å². The quantitative estimate of drug-likeness (QED) is 0.928. The van der Waals surface area contributed by atoms with Crippen molar-refractivity contribution in [2.45, 2.75) is 18.9 Å². The lowest BCUT2D eigenvalue weighted by Gasteiger charge is -2.24. The molecule has 5 nitrogen and oxygen atoms in total. The highest BCUT2D eigenvalue weighted by Crippen LogP contribution is 2.26. The van der Waals surface area contributed by atoms with Crippen LogP contribution in [0.2, 0.25) is 0 Å². The fourth-order valence-corrected chi connectivity index (χ4v) is 2.52. The van der Waals surface area contributed by atoms with Gasteiger partial charge in [-0.2, -0.15) is 0 Å². The molecule has 2 aromatic rings. The van der Waals surface area contributed by atoms with E-state index in [1.807, 2.05) is 43.3 Å². The topological polar surface area (TPSA) is 58.5 Å². The van der Waals surface area contributed by atoms with Gasteiger partial charge in [0.1, 0.15) is 29.6 Å². The number of ether oxygens (including phenoxy) is 1. The predicted molar refractivity (Wildman–Crippen MR) is 80.5 cm³/mol. The van der Waals surface area contributed by atoms with Gasteiger partial charge in [-0.1, -0.05) is 18.2 Å². The second-order valence-corrected chi connectivity index (χ2v) is 5.46. The van der Waals surface area contributed by atoms with E-state index in [4.69, 9.17) is 4.74 Å². The average molecular weight is 285 g/mol. The third kappa shape index (κ3) is 3.31. The summed E-state index contributed by atoms with van der Waals surface area (Å²) in [6.07, 6.45) is 2.42. The lowest BCUT2D eigenvalue weighted by molar-refractivity contribution is 0.0144. The summed E-state index contributed by atoms with van der Waals surface area (Å²) >= 11 is 0. The summed E-state index contributed by atoms with van der Waals surface area (Å²) in [7, 11) is 0. The monoisotopic (exact) mass is 285 g/mol. The number of aryl methyl sites for hydroxylation is 1. The number of rotatable bonds is 4. The van der Waals surface area contributed by atoms with Crippen molar-refractivity contribution < 1.29 is 9.84 Å². The molecule has 0 aliphatic carbocycles. The van der Waals surface area contributed by atoms with Crippen LogP contribution in [-0.2, 0) is 0 Å². The Kier molecular flexibility index (Phi) is 3.75. The van der Waals surface area contributed by atoms with Crippen LogP contribution in [0.15, 0.2) is 42.6 Å². The minimum Gasteiger partial charge on any atom is -0.491 e. The number of β-amino-alcohol motifs (C(OH)–C–C–N with tert-alkyl or cyclic N) is 1. The number of benzene rings is 1. The molecule has 0 amide bonds. The van der Waals surface area contributed by atoms with Gasteiger partial charge in [0.05, 0.1) is 6.54 Å². The van der Waals surface area contributed by atoms with Crippen LogP contribution in [0.1, 0.15) is 12.2 Å². The Labute approximate surface area is 124 Å². The van der Waals surface area contributed by atoms with E-state index < -0.39 is 5.60 Å². The number of hydrogen-bond acceptors (Lipinski definition) is 5. The zero-order valence-electron chi connectivity index (χ0n) is 12.1. The Morgan fingerprint density at radius 1 is 1.29 bits per heavy atom. The summed E-state index contributed by atoms with van der Waals surface area (Å²) in [5.74, 6) is 2.38. The second kappa shape index (κ2) is 5.69. The van der Waals surface area contributed by atoms with Gasteiger partial charge in [-0.25, -0.2) is 9.97 Å². The Hall–Kier alpha value is -2.14. The SMILES string of the molecule is Cc1nccc(N2CC[C@](O)(COc3ccccc3)C2)n1. The molecule has 1 N–H and O–H groups in total. The van der Waals surface area contributed by atoms with E-state index in [0.717, 1.165) is 23.9 Å². The van der Waals surface area contributed by atoms with Crippen molar-refractivity contribution in [3.63, 3.8) is 0 Å². The molecule has 1 fully saturated rings. The lowest BCUT2D eigenvalue weighted by atomic mass is 10.1. The normalized spacial score (nSPS) is 21.5. The van der Waals surface area contributed by atoms with Crippen molar-refractivity contribution in [1.29, 1.82) is 0 Å². The largest absolute Gasteiger partial charge is 0.491 e. The second-order valence-electron chi connectivity index (χ2n) is 5.46. The first kappa shape index (κ1) is 13.8. The number of aliphatic hydroxyl groups is 1. The highest BCUT2D eigenvalue weighted by molar-refractivity contribution is 5.40. The Morgan fingerprint density at radius 2 is 2.10 bits per heavy atom. The zero-order valence-corrected chi connectivity index (χ0v) is 12.1. The first-order valence-corrected chi connectivity index (χ1v) is 7.09. The van der Waals surface area contributed by atoms with E-state index in [0.29, 0.717) is 13.0 Å². The maximum absolute atomic E-state index is 10.6. The molecule has 5 heteroatoms. The van der Waals surface area contributed by atoms with E-state index >= 15 is 0 Å². The van der Waals surface area contributed by atoms with Gasteiger partial charge in [-0.05, 0) is 31.5 Å². The van der Waals surface area contributed by atoms with Crippen LogP contribution in [0.3, 0.4) is 0 Å². The maximum Gasteiger partial charge on any atom is 0.132 e. The smallest absolute Gasteiger partial charge is 0.132 e. The van der Waals surface area contributed by atoms with Crippen molar-refractivity contribution in [2.75, 3.05) is 24.6 Å². The zero-order chi connectivity index (χ0) is 14.7. The van der Waals surface area contributed by atoms with Gasteiger partial charge in [0.2, 0.25) is 0 Å². The van der Waals surface area contributed by atoms with Crippen LogP contribution in [0.4, 0.5) is 5.82 Å². The van der Waals surface area contributed by atoms with Gasteiger partial charge in [-0.3, -0.25) is 0 Å². The summed E-state index contributed by atoms with van der Waals surface area (Å²) in [6, 6.07) is 11.4. The molecule has 1 aromatic carbocycles. The molecule has 0 bridgehead atoms. The van der Waals surface area contributed by atoms with Crippen LogP contribution in [-0.4, -0.2) is 40.4 Å². The van der Waals surface area contributed by atoms with Crippen LogP contribution in [0, 0.1) is 6.92 Å². The van der Waals surface area contributed by atoms with E-state index in [1.54, 1.807) is 6.20 Å². The van der Waals surface area contributed by atoms with E-state index in [9.17, 15) is 5.11 Å². The fraction of sp³-hybridized carbons (Fsp3) is 0.375. The van der Waals surface area contributed by atoms with Crippen LogP contribution < -0.4 is 9.64 Å². The van der Waals surface area contributed by atoms with Crippen molar-refractivity contribution in [2.24, 2.45) is 0 Å². The standard InChI is InChI=1S/C16H19N3O2/c1-13-17-9-7-15(18-13)19-10-8-16(20,11-19)12-21-14-5-3-2-4-6-14/h2-7,9,20H,8,10-12H2,1H3/t16-/m1/s1. The van der Waals surface area contributed by atoms with E-state index in [-0.39, 0.29) is 6.61 Å². The number of aromatic nitrogens is 2. The number of hydrogen-bond donors (Lipinski definition) is 1. The molecule has 0 unspecified atom stereocenters. The van der Waals surface area contributed by atoms with Gasteiger partial charge in [0.25, 0.3) is 0 Å². The molecule has 2 heterocycles. The van der Waals surface area contributed by atoms with Gasteiger partial charge >= 0.3 is 0 Å². The van der Waals surface area contributed by atoms with Crippen LogP contribution in [0.5, 0.6) is 5.75 Å². The van der Waals surface area contributed by atoms with Crippen molar-refractivity contribution >= 4 is 5.82 Å². The maximum atomic E-state index is 10.6. The Morgan fingerprint density at radius 3 is 2.86 bits per heavy atom. The molecule has 110 valence electrons. The lowest BCUT2D eigenvalue weighted by Crippen LogP contribution is -2.39. The molecule has 1 aromatic heterocycles. The van der Waals surface area contributed by atoms with Gasteiger partial charge in [0, 0.05) is 12.7 Å². The van der Waals surface area contributed by atoms with Crippen LogP contribution >= 0.6 is 0 Å². The predicted octanol–water partition coefficient (Wildman–Crippen LogP) is 1.81. The molecule has 0 saturated carbocycles. The molecule has 1 aliphatic heterocycles. The molecular formula is C16H19N3O2. The fourth-order valence-electron chi connectivity index (χ4n) is 2.52. The first-order valence-electron chi connectivity index (χ1n) is 7.09. The third-order valence-electron chi connectivity index (χ3n) is 3.67. The minimum absolute atomic E-state index is 0.289. The molecule has 1 saturated heterocycles. The molecular weight excluding hydrogens is 266 g/mol. The highest BCUT2D eigenvalue weighted by atomic mass is 16.5. The third-order valence-corrected chi connectivity index (χ3v) is 3.67. The number of anilines is 1. The summed E-state index contributed by atoms with van der Waals surface area (Å²) in [5.41, 5.74) is -0.839. The molecule has 1 atom stereocenters. The van der Waals surface area contributed by atoms with Crippen molar-refractivity contribution in [3.05, 3.63) is 48.4 Å². The van der Waals surface area contributed by atoms with Gasteiger partial charge in [0.15, 0.2) is 0 Å². The average Bonchev–Trinajstić information content (AvgIpc) is 2.90. The molecule has 0 radical (unpaired) electrons. The Balaban J connectivity index is 1.62. The molecule has 3 rings (SSSR count). The summed E-state index contributed by atoms with van der Waals surface area (Å²) in [4.78, 5) is 10.6. The molecule has 1 aliphatic rings. The van der Waals surface area contributed by atoms with Gasteiger partial charge < -0.3 is 14.7 Å².